The number of nitrogens with zero attached hydrogens (tertiary/aromatic N) is 2. The Morgan fingerprint density at radius 3 is 2.27 bits per heavy atom. The van der Waals surface area contributed by atoms with E-state index in [1.165, 1.54) is 11.0 Å². The van der Waals surface area contributed by atoms with Crippen molar-refractivity contribution in [2.24, 2.45) is 0 Å². The first-order valence-electron chi connectivity index (χ1n) is 10.0. The van der Waals surface area contributed by atoms with Crippen LogP contribution < -0.4 is 4.74 Å². The van der Waals surface area contributed by atoms with Crippen LogP contribution in [-0.4, -0.2) is 54.4 Å². The van der Waals surface area contributed by atoms with Crippen LogP contribution in [0.1, 0.15) is 41.3 Å². The molecular weight excluding hydrogens is 390 g/mol. The molecule has 0 atom stereocenters. The van der Waals surface area contributed by atoms with Gasteiger partial charge in [0.15, 0.2) is 18.2 Å². The molecule has 0 aromatic heterocycles. The zero-order chi connectivity index (χ0) is 21.8. The topological polar surface area (TPSA) is 49.9 Å². The van der Waals surface area contributed by atoms with E-state index in [2.05, 4.69) is 19.9 Å². The number of hydrogen-bond acceptors (Lipinski definition) is 3. The quantitative estimate of drug-likeness (QED) is 0.746. The average Bonchev–Trinajstić information content (AvgIpc) is 2.74. The molecule has 0 bridgehead atoms. The molecule has 2 amide bonds. The van der Waals surface area contributed by atoms with E-state index in [-0.39, 0.29) is 24.0 Å². The van der Waals surface area contributed by atoms with Crippen molar-refractivity contribution in [2.45, 2.75) is 26.7 Å². The molecule has 0 N–H and O–H groups in total. The molecule has 7 heteroatoms. The van der Waals surface area contributed by atoms with E-state index in [1.807, 2.05) is 19.1 Å². The zero-order valence-corrected chi connectivity index (χ0v) is 17.5. The highest BCUT2D eigenvalue weighted by Gasteiger charge is 2.25. The summed E-state index contributed by atoms with van der Waals surface area (Å²) in [5.41, 5.74) is 2.21. The first-order valence-corrected chi connectivity index (χ1v) is 10.0. The molecule has 30 heavy (non-hydrogen) atoms. The predicted octanol–water partition coefficient (Wildman–Crippen LogP) is 3.76. The second kappa shape index (κ2) is 9.24. The van der Waals surface area contributed by atoms with Gasteiger partial charge in [0.2, 0.25) is 0 Å². The second-order valence-electron chi connectivity index (χ2n) is 7.77. The van der Waals surface area contributed by atoms with Gasteiger partial charge in [-0.15, -0.1) is 0 Å². The molecule has 2 aromatic carbocycles. The van der Waals surface area contributed by atoms with Crippen molar-refractivity contribution in [3.8, 4) is 5.75 Å². The number of halogens is 2. The summed E-state index contributed by atoms with van der Waals surface area (Å²) in [6, 6.07) is 9.10. The molecule has 0 spiro atoms. The Kier molecular flexibility index (Phi) is 6.70. The van der Waals surface area contributed by atoms with Gasteiger partial charge < -0.3 is 14.5 Å². The van der Waals surface area contributed by atoms with Gasteiger partial charge in [-0.1, -0.05) is 26.0 Å². The van der Waals surface area contributed by atoms with Crippen molar-refractivity contribution >= 4 is 11.8 Å². The number of carbonyl (C=O) groups is 2. The lowest BCUT2D eigenvalue weighted by molar-refractivity contribution is -0.134. The van der Waals surface area contributed by atoms with Crippen molar-refractivity contribution < 1.29 is 23.1 Å². The number of rotatable bonds is 5. The lowest BCUT2D eigenvalue weighted by Gasteiger charge is -2.34. The minimum atomic E-state index is -1.05. The van der Waals surface area contributed by atoms with E-state index in [0.29, 0.717) is 37.8 Å². The Labute approximate surface area is 175 Å². The van der Waals surface area contributed by atoms with Gasteiger partial charge in [0, 0.05) is 31.7 Å². The second-order valence-corrected chi connectivity index (χ2v) is 7.77. The molecule has 0 aliphatic carbocycles. The Bertz CT molecular complexity index is 938. The smallest absolute Gasteiger partial charge is 0.260 e. The normalized spacial score (nSPS) is 14.2. The van der Waals surface area contributed by atoms with Crippen LogP contribution in [0.15, 0.2) is 36.4 Å². The molecule has 1 aliphatic rings. The summed E-state index contributed by atoms with van der Waals surface area (Å²) in [6.45, 7) is 7.44. The summed E-state index contributed by atoms with van der Waals surface area (Å²) in [5.74, 6) is -1.51. The number of amides is 2. The van der Waals surface area contributed by atoms with Crippen LogP contribution in [0.25, 0.3) is 0 Å². The lowest BCUT2D eigenvalue weighted by Crippen LogP contribution is -2.51. The van der Waals surface area contributed by atoms with Gasteiger partial charge in [0.25, 0.3) is 11.8 Å². The number of carbonyl (C=O) groups excluding carboxylic acids is 2. The fourth-order valence-electron chi connectivity index (χ4n) is 3.33. The number of hydrogen-bond donors (Lipinski definition) is 0. The Morgan fingerprint density at radius 1 is 0.967 bits per heavy atom. The molecule has 0 radical (unpaired) electrons. The number of piperazine rings is 1. The van der Waals surface area contributed by atoms with Gasteiger partial charge in [0.05, 0.1) is 0 Å². The molecule has 1 saturated heterocycles. The minimum Gasteiger partial charge on any atom is -0.483 e. The first-order chi connectivity index (χ1) is 14.3. The van der Waals surface area contributed by atoms with Gasteiger partial charge in [-0.2, -0.15) is 0 Å². The summed E-state index contributed by atoms with van der Waals surface area (Å²) in [5, 5.41) is 0. The highest BCUT2D eigenvalue weighted by Crippen LogP contribution is 2.24. The van der Waals surface area contributed by atoms with Gasteiger partial charge >= 0.3 is 0 Å². The van der Waals surface area contributed by atoms with Gasteiger partial charge in [-0.3, -0.25) is 9.59 Å². The third-order valence-electron chi connectivity index (χ3n) is 5.32. The third-order valence-corrected chi connectivity index (χ3v) is 5.32. The van der Waals surface area contributed by atoms with Crippen molar-refractivity contribution in [2.75, 3.05) is 32.8 Å². The van der Waals surface area contributed by atoms with E-state index >= 15 is 0 Å². The molecule has 5 nitrogen and oxygen atoms in total. The fourth-order valence-corrected chi connectivity index (χ4v) is 3.33. The van der Waals surface area contributed by atoms with Crippen LogP contribution in [-0.2, 0) is 4.79 Å². The summed E-state index contributed by atoms with van der Waals surface area (Å²) in [4.78, 5) is 28.2. The highest BCUT2D eigenvalue weighted by molar-refractivity contribution is 5.94. The van der Waals surface area contributed by atoms with Gasteiger partial charge in [0.1, 0.15) is 5.75 Å². The molecule has 1 heterocycles. The van der Waals surface area contributed by atoms with Crippen LogP contribution in [0.5, 0.6) is 5.75 Å². The Hall–Kier alpha value is -2.96. The Balaban J connectivity index is 1.53. The summed E-state index contributed by atoms with van der Waals surface area (Å²) < 4.78 is 32.2. The van der Waals surface area contributed by atoms with E-state index in [9.17, 15) is 18.4 Å². The van der Waals surface area contributed by atoms with Crippen molar-refractivity contribution in [3.05, 3.63) is 64.7 Å². The maximum atomic E-state index is 13.4. The van der Waals surface area contributed by atoms with Gasteiger partial charge in [-0.05, 0) is 48.2 Å². The maximum Gasteiger partial charge on any atom is 0.260 e. The zero-order valence-electron chi connectivity index (χ0n) is 17.5. The minimum absolute atomic E-state index is 0.0699. The van der Waals surface area contributed by atoms with Crippen molar-refractivity contribution in [3.63, 3.8) is 0 Å². The van der Waals surface area contributed by atoms with Crippen LogP contribution in [0.2, 0.25) is 0 Å². The standard InChI is InChI=1S/C23H26F2N2O3/c1-15(2)17-5-4-16(3)21(13-17)30-14-22(28)26-8-10-27(11-9-26)23(29)18-6-7-19(24)20(25)12-18/h4-7,12-13,15H,8-11,14H2,1-3H3. The van der Waals surface area contributed by atoms with E-state index in [4.69, 9.17) is 4.74 Å². The van der Waals surface area contributed by atoms with Crippen molar-refractivity contribution in [1.82, 2.24) is 9.80 Å². The molecule has 2 aromatic rings. The molecule has 0 unspecified atom stereocenters. The third kappa shape index (κ3) is 4.96. The maximum absolute atomic E-state index is 13.4. The van der Waals surface area contributed by atoms with Crippen LogP contribution >= 0.6 is 0 Å². The monoisotopic (exact) mass is 416 g/mol. The molecular formula is C23H26F2N2O3. The Morgan fingerprint density at radius 2 is 1.63 bits per heavy atom. The van der Waals surface area contributed by atoms with E-state index in [1.54, 1.807) is 4.90 Å². The molecule has 160 valence electrons. The largest absolute Gasteiger partial charge is 0.483 e. The SMILES string of the molecule is Cc1ccc(C(C)C)cc1OCC(=O)N1CCN(C(=O)c2ccc(F)c(F)c2)CC1. The fraction of sp³-hybridized carbons (Fsp3) is 0.391. The summed E-state index contributed by atoms with van der Waals surface area (Å²) in [6.07, 6.45) is 0. The van der Waals surface area contributed by atoms with Crippen LogP contribution in [0.4, 0.5) is 8.78 Å². The average molecular weight is 416 g/mol. The molecule has 0 saturated carbocycles. The molecule has 3 rings (SSSR count). The first kappa shape index (κ1) is 21.7. The summed E-state index contributed by atoms with van der Waals surface area (Å²) >= 11 is 0. The van der Waals surface area contributed by atoms with Crippen molar-refractivity contribution in [1.29, 1.82) is 0 Å². The van der Waals surface area contributed by atoms with Gasteiger partial charge in [-0.25, -0.2) is 8.78 Å². The number of ether oxygens (including phenoxy) is 1. The van der Waals surface area contributed by atoms with E-state index in [0.717, 1.165) is 23.3 Å². The number of benzene rings is 2. The molecule has 1 aliphatic heterocycles. The highest BCUT2D eigenvalue weighted by atomic mass is 19.2. The number of aryl methyl sites for hydroxylation is 1. The predicted molar refractivity (Wildman–Crippen MR) is 110 cm³/mol. The molecule has 1 fully saturated rings. The lowest BCUT2D eigenvalue weighted by atomic mass is 10.0. The van der Waals surface area contributed by atoms with E-state index < -0.39 is 11.6 Å². The van der Waals surface area contributed by atoms with Crippen LogP contribution in [0, 0.1) is 18.6 Å². The summed E-state index contributed by atoms with van der Waals surface area (Å²) in [7, 11) is 0. The van der Waals surface area contributed by atoms with Crippen LogP contribution in [0.3, 0.4) is 0 Å².